The van der Waals surface area contributed by atoms with Crippen LogP contribution in [0.4, 0.5) is 0 Å². The third-order valence-corrected chi connectivity index (χ3v) is 4.44. The first-order valence-electron chi connectivity index (χ1n) is 6.78. The van der Waals surface area contributed by atoms with Crippen LogP contribution in [0.1, 0.15) is 36.8 Å². The lowest BCUT2D eigenvalue weighted by molar-refractivity contribution is 0.298. The van der Waals surface area contributed by atoms with Crippen molar-refractivity contribution >= 4 is 17.2 Å². The first kappa shape index (κ1) is 12.7. The maximum Gasteiger partial charge on any atom is 0.146 e. The molecule has 0 amide bonds. The number of hydrogen-bond acceptors (Lipinski definition) is 3. The fourth-order valence-corrected chi connectivity index (χ4v) is 3.23. The molecule has 2 heterocycles. The Morgan fingerprint density at radius 1 is 1.42 bits per heavy atom. The van der Waals surface area contributed by atoms with Crippen LogP contribution in [-0.4, -0.2) is 17.6 Å². The Bertz CT molecular complexity index is 559. The molecule has 1 aliphatic heterocycles. The van der Waals surface area contributed by atoms with Crippen LogP contribution >= 0.6 is 11.6 Å². The summed E-state index contributed by atoms with van der Waals surface area (Å²) in [5.74, 6) is 0.771. The number of halogens is 1. The minimum Gasteiger partial charge on any atom is -0.310 e. The van der Waals surface area contributed by atoms with Crippen LogP contribution in [0.25, 0.3) is 5.57 Å². The molecule has 1 N–H and O–H groups in total. The van der Waals surface area contributed by atoms with E-state index in [1.807, 2.05) is 6.07 Å². The van der Waals surface area contributed by atoms with E-state index in [4.69, 9.17) is 16.9 Å². The lowest BCUT2D eigenvalue weighted by atomic mass is 9.79. The molecule has 1 aliphatic carbocycles. The van der Waals surface area contributed by atoms with E-state index in [9.17, 15) is 0 Å². The SMILES string of the molecule is N#Cc1cc(C2=C[C@H]3NCCC[C@H]3CC2)cnc1Cl. The molecule has 3 nitrogen and oxygen atoms in total. The summed E-state index contributed by atoms with van der Waals surface area (Å²) in [7, 11) is 0. The Morgan fingerprint density at radius 3 is 3.16 bits per heavy atom. The van der Waals surface area contributed by atoms with Crippen molar-refractivity contribution in [3.05, 3.63) is 34.6 Å². The molecule has 1 saturated heterocycles. The van der Waals surface area contributed by atoms with Crippen molar-refractivity contribution < 1.29 is 0 Å². The standard InChI is InChI=1S/C15H16ClN3/c16-15-12(8-17)6-13(9-19-15)11-4-3-10-2-1-5-18-14(10)7-11/h6-7,9-10,14,18H,1-5H2/t10-,14+/m0/s1. The van der Waals surface area contributed by atoms with Gasteiger partial charge in [-0.15, -0.1) is 0 Å². The van der Waals surface area contributed by atoms with Crippen molar-refractivity contribution in [3.63, 3.8) is 0 Å². The number of rotatable bonds is 1. The molecular formula is C15H16ClN3. The van der Waals surface area contributed by atoms with Crippen molar-refractivity contribution in [2.24, 2.45) is 5.92 Å². The third-order valence-electron chi connectivity index (χ3n) is 4.14. The van der Waals surface area contributed by atoms with Gasteiger partial charge in [0.05, 0.1) is 5.56 Å². The number of fused-ring (bicyclic) bond motifs is 1. The van der Waals surface area contributed by atoms with Gasteiger partial charge in [0.15, 0.2) is 0 Å². The largest absolute Gasteiger partial charge is 0.310 e. The molecule has 0 saturated carbocycles. The third kappa shape index (κ3) is 2.51. The topological polar surface area (TPSA) is 48.7 Å². The molecule has 1 fully saturated rings. The van der Waals surface area contributed by atoms with Crippen LogP contribution in [0.5, 0.6) is 0 Å². The lowest BCUT2D eigenvalue weighted by Crippen LogP contribution is -2.41. The van der Waals surface area contributed by atoms with Gasteiger partial charge in [-0.25, -0.2) is 4.98 Å². The van der Waals surface area contributed by atoms with Crippen LogP contribution in [0.15, 0.2) is 18.3 Å². The maximum atomic E-state index is 9.02. The zero-order valence-corrected chi connectivity index (χ0v) is 11.5. The molecule has 0 radical (unpaired) electrons. The second kappa shape index (κ2) is 5.32. The highest BCUT2D eigenvalue weighted by Gasteiger charge is 2.27. The van der Waals surface area contributed by atoms with Gasteiger partial charge in [-0.1, -0.05) is 17.7 Å². The number of nitrogens with zero attached hydrogens (tertiary/aromatic N) is 2. The average Bonchev–Trinajstić information content (AvgIpc) is 2.47. The van der Waals surface area contributed by atoms with E-state index in [-0.39, 0.29) is 5.15 Å². The number of nitriles is 1. The van der Waals surface area contributed by atoms with Crippen molar-refractivity contribution in [1.29, 1.82) is 5.26 Å². The highest BCUT2D eigenvalue weighted by molar-refractivity contribution is 6.30. The highest BCUT2D eigenvalue weighted by Crippen LogP contribution is 2.34. The zero-order valence-electron chi connectivity index (χ0n) is 10.7. The number of nitrogens with one attached hydrogen (secondary N) is 1. The van der Waals surface area contributed by atoms with Crippen molar-refractivity contribution in [1.82, 2.24) is 10.3 Å². The minimum atomic E-state index is 0.288. The summed E-state index contributed by atoms with van der Waals surface area (Å²) in [5.41, 5.74) is 2.78. The summed E-state index contributed by atoms with van der Waals surface area (Å²) in [6, 6.07) is 4.43. The fourth-order valence-electron chi connectivity index (χ4n) is 3.08. The maximum absolute atomic E-state index is 9.02. The van der Waals surface area contributed by atoms with Crippen molar-refractivity contribution in [2.45, 2.75) is 31.7 Å². The smallest absolute Gasteiger partial charge is 0.146 e. The molecule has 2 atom stereocenters. The van der Waals surface area contributed by atoms with E-state index in [1.165, 1.54) is 24.8 Å². The predicted molar refractivity (Wildman–Crippen MR) is 75.7 cm³/mol. The van der Waals surface area contributed by atoms with Gasteiger partial charge in [-0.3, -0.25) is 0 Å². The molecule has 1 aromatic rings. The first-order chi connectivity index (χ1) is 9.28. The van der Waals surface area contributed by atoms with Gasteiger partial charge >= 0.3 is 0 Å². The van der Waals surface area contributed by atoms with Gasteiger partial charge in [-0.05, 0) is 55.3 Å². The van der Waals surface area contributed by atoms with E-state index in [1.54, 1.807) is 6.20 Å². The van der Waals surface area contributed by atoms with E-state index in [0.717, 1.165) is 24.4 Å². The summed E-state index contributed by atoms with van der Waals surface area (Å²) < 4.78 is 0. The lowest BCUT2D eigenvalue weighted by Gasteiger charge is -2.35. The highest BCUT2D eigenvalue weighted by atomic mass is 35.5. The molecule has 0 bridgehead atoms. The normalized spacial score (nSPS) is 26.2. The van der Waals surface area contributed by atoms with Crippen LogP contribution < -0.4 is 5.32 Å². The summed E-state index contributed by atoms with van der Waals surface area (Å²) in [6.07, 6.45) is 8.98. The van der Waals surface area contributed by atoms with Gasteiger partial charge in [0.25, 0.3) is 0 Å². The Kier molecular flexibility index (Phi) is 3.54. The number of allylic oxidation sites excluding steroid dienone is 1. The van der Waals surface area contributed by atoms with Crippen LogP contribution in [0.3, 0.4) is 0 Å². The van der Waals surface area contributed by atoms with Gasteiger partial charge in [0.2, 0.25) is 0 Å². The van der Waals surface area contributed by atoms with Crippen LogP contribution in [0, 0.1) is 17.2 Å². The molecule has 0 spiro atoms. The fraction of sp³-hybridized carbons (Fsp3) is 0.467. The number of hydrogen-bond donors (Lipinski definition) is 1. The molecule has 0 aromatic carbocycles. The van der Waals surface area contributed by atoms with Crippen molar-refractivity contribution in [3.8, 4) is 6.07 Å². The molecule has 4 heteroatoms. The quantitative estimate of drug-likeness (QED) is 0.800. The van der Waals surface area contributed by atoms with E-state index >= 15 is 0 Å². The number of piperidine rings is 1. The van der Waals surface area contributed by atoms with Crippen LogP contribution in [-0.2, 0) is 0 Å². The van der Waals surface area contributed by atoms with Gasteiger partial charge in [0, 0.05) is 12.2 Å². The van der Waals surface area contributed by atoms with Crippen LogP contribution in [0.2, 0.25) is 5.15 Å². The summed E-state index contributed by atoms with van der Waals surface area (Å²) >= 11 is 5.88. The number of pyridine rings is 1. The molecule has 19 heavy (non-hydrogen) atoms. The zero-order chi connectivity index (χ0) is 13.2. The molecule has 0 unspecified atom stereocenters. The molecule has 2 aliphatic rings. The second-order valence-corrected chi connectivity index (χ2v) is 5.64. The Labute approximate surface area is 118 Å². The van der Waals surface area contributed by atoms with Crippen molar-refractivity contribution in [2.75, 3.05) is 6.54 Å². The van der Waals surface area contributed by atoms with E-state index in [2.05, 4.69) is 22.4 Å². The number of aromatic nitrogens is 1. The predicted octanol–water partition coefficient (Wildman–Crippen LogP) is 3.15. The Morgan fingerprint density at radius 2 is 2.32 bits per heavy atom. The summed E-state index contributed by atoms with van der Waals surface area (Å²) in [6.45, 7) is 1.10. The minimum absolute atomic E-state index is 0.288. The van der Waals surface area contributed by atoms with Gasteiger partial charge in [0.1, 0.15) is 11.2 Å². The van der Waals surface area contributed by atoms with Gasteiger partial charge in [-0.2, -0.15) is 5.26 Å². The Balaban J connectivity index is 1.90. The monoisotopic (exact) mass is 273 g/mol. The van der Waals surface area contributed by atoms with E-state index < -0.39 is 0 Å². The van der Waals surface area contributed by atoms with Gasteiger partial charge < -0.3 is 5.32 Å². The first-order valence-corrected chi connectivity index (χ1v) is 7.16. The summed E-state index contributed by atoms with van der Waals surface area (Å²) in [5, 5.41) is 12.9. The molecule has 1 aromatic heterocycles. The average molecular weight is 274 g/mol. The molecule has 3 rings (SSSR count). The molecular weight excluding hydrogens is 258 g/mol. The second-order valence-electron chi connectivity index (χ2n) is 5.29. The molecule has 98 valence electrons. The summed E-state index contributed by atoms with van der Waals surface area (Å²) in [4.78, 5) is 4.11. The Hall–Kier alpha value is -1.37. The van der Waals surface area contributed by atoms with E-state index in [0.29, 0.717) is 11.6 Å².